The van der Waals surface area contributed by atoms with Crippen molar-refractivity contribution >= 4 is 35.1 Å². The maximum Gasteiger partial charge on any atom is 0.316 e. The fraction of sp³-hybridized carbons (Fsp3) is 0.308. The zero-order valence-corrected chi connectivity index (χ0v) is 18.3. The van der Waals surface area contributed by atoms with Gasteiger partial charge in [-0.2, -0.15) is 0 Å². The molecule has 2 aromatic carbocycles. The monoisotopic (exact) mass is 444 g/mol. The molecule has 0 aromatic heterocycles. The molecule has 33 heavy (non-hydrogen) atoms. The Morgan fingerprint density at radius 3 is 2.03 bits per heavy atom. The first kappa shape index (κ1) is 21.1. The van der Waals surface area contributed by atoms with Crippen LogP contribution in [0.1, 0.15) is 24.8 Å². The lowest BCUT2D eigenvalue weighted by Crippen LogP contribution is -2.30. The summed E-state index contributed by atoms with van der Waals surface area (Å²) in [7, 11) is 0. The standard InChI is InChI=1S/C26H24N2O5/c1-16-6-8-18(9-7-16)27-15-17(14-23(27)29)26(32)33-20-12-10-19(11-13-20)28-24(30)21-4-2-3-5-22(21)25(28)31/h2-3,6-13,17,21-22H,4-5,14-15H2,1H3/t17-,21-,22-/m1/s1. The smallest absolute Gasteiger partial charge is 0.316 e. The maximum atomic E-state index is 12.7. The van der Waals surface area contributed by atoms with Gasteiger partial charge < -0.3 is 9.64 Å². The molecule has 2 fully saturated rings. The maximum absolute atomic E-state index is 12.7. The van der Waals surface area contributed by atoms with Crippen molar-refractivity contribution in [2.75, 3.05) is 16.3 Å². The number of amides is 3. The number of nitrogens with zero attached hydrogens (tertiary/aromatic N) is 2. The SMILES string of the molecule is Cc1ccc(N2C[C@H](C(=O)Oc3ccc(N4C(=O)[C@@H]5CC=CC[C@H]5C4=O)cc3)CC2=O)cc1. The number of rotatable bonds is 4. The van der Waals surface area contributed by atoms with Gasteiger partial charge in [0, 0.05) is 18.7 Å². The van der Waals surface area contributed by atoms with Gasteiger partial charge in [-0.25, -0.2) is 0 Å². The van der Waals surface area contributed by atoms with E-state index >= 15 is 0 Å². The van der Waals surface area contributed by atoms with E-state index in [4.69, 9.17) is 4.74 Å². The number of benzene rings is 2. The number of imide groups is 1. The molecule has 0 spiro atoms. The average Bonchev–Trinajstić information content (AvgIpc) is 3.33. The fourth-order valence-electron chi connectivity index (χ4n) is 4.76. The summed E-state index contributed by atoms with van der Waals surface area (Å²) < 4.78 is 5.50. The Hall–Kier alpha value is -3.74. The van der Waals surface area contributed by atoms with Crippen molar-refractivity contribution in [1.82, 2.24) is 0 Å². The van der Waals surface area contributed by atoms with E-state index in [0.717, 1.165) is 11.3 Å². The number of hydrogen-bond acceptors (Lipinski definition) is 5. The van der Waals surface area contributed by atoms with E-state index in [0.29, 0.717) is 24.3 Å². The minimum absolute atomic E-state index is 0.0956. The van der Waals surface area contributed by atoms with Crippen molar-refractivity contribution in [1.29, 1.82) is 0 Å². The highest BCUT2D eigenvalue weighted by Crippen LogP contribution is 2.38. The first-order valence-corrected chi connectivity index (χ1v) is 11.1. The molecule has 0 radical (unpaired) electrons. The van der Waals surface area contributed by atoms with Crippen LogP contribution in [0.15, 0.2) is 60.7 Å². The summed E-state index contributed by atoms with van der Waals surface area (Å²) in [6.45, 7) is 2.24. The quantitative estimate of drug-likeness (QED) is 0.312. The van der Waals surface area contributed by atoms with E-state index in [-0.39, 0.29) is 42.5 Å². The van der Waals surface area contributed by atoms with Crippen LogP contribution in [0.5, 0.6) is 5.75 Å². The van der Waals surface area contributed by atoms with E-state index < -0.39 is 11.9 Å². The summed E-state index contributed by atoms with van der Waals surface area (Å²) in [5.41, 5.74) is 2.33. The second-order valence-corrected chi connectivity index (χ2v) is 8.82. The molecule has 0 N–H and O–H groups in total. The zero-order chi connectivity index (χ0) is 23.1. The van der Waals surface area contributed by atoms with Gasteiger partial charge >= 0.3 is 5.97 Å². The highest BCUT2D eigenvalue weighted by atomic mass is 16.5. The van der Waals surface area contributed by atoms with Gasteiger partial charge in [0.05, 0.1) is 23.4 Å². The summed E-state index contributed by atoms with van der Waals surface area (Å²) >= 11 is 0. The van der Waals surface area contributed by atoms with Crippen LogP contribution in [0, 0.1) is 24.7 Å². The fourth-order valence-corrected chi connectivity index (χ4v) is 4.76. The van der Waals surface area contributed by atoms with Crippen LogP contribution >= 0.6 is 0 Å². The third-order valence-electron chi connectivity index (χ3n) is 6.62. The lowest BCUT2D eigenvalue weighted by atomic mass is 9.85. The van der Waals surface area contributed by atoms with Crippen LogP contribution in [-0.4, -0.2) is 30.2 Å². The van der Waals surface area contributed by atoms with Gasteiger partial charge in [-0.05, 0) is 56.2 Å². The first-order chi connectivity index (χ1) is 15.9. The third-order valence-corrected chi connectivity index (χ3v) is 6.62. The van der Waals surface area contributed by atoms with Crippen molar-refractivity contribution < 1.29 is 23.9 Å². The molecule has 0 bridgehead atoms. The van der Waals surface area contributed by atoms with Gasteiger partial charge in [-0.3, -0.25) is 24.1 Å². The number of carbonyl (C=O) groups is 4. The van der Waals surface area contributed by atoms with Crippen LogP contribution in [0.4, 0.5) is 11.4 Å². The molecule has 2 aliphatic heterocycles. The number of hydrogen-bond donors (Lipinski definition) is 0. The van der Waals surface area contributed by atoms with Crippen LogP contribution in [0.2, 0.25) is 0 Å². The molecule has 0 saturated carbocycles. The number of ether oxygens (including phenoxy) is 1. The minimum Gasteiger partial charge on any atom is -0.426 e. The minimum atomic E-state index is -0.559. The van der Waals surface area contributed by atoms with E-state index in [1.165, 1.54) is 4.90 Å². The molecule has 3 amide bonds. The molecule has 5 rings (SSSR count). The highest BCUT2D eigenvalue weighted by Gasteiger charge is 2.47. The summed E-state index contributed by atoms with van der Waals surface area (Å²) in [6, 6.07) is 14.0. The van der Waals surface area contributed by atoms with Crippen LogP contribution < -0.4 is 14.5 Å². The second-order valence-electron chi connectivity index (χ2n) is 8.82. The van der Waals surface area contributed by atoms with Gasteiger partial charge in [0.2, 0.25) is 17.7 Å². The molecule has 7 nitrogen and oxygen atoms in total. The Balaban J connectivity index is 1.24. The highest BCUT2D eigenvalue weighted by molar-refractivity contribution is 6.22. The summed E-state index contributed by atoms with van der Waals surface area (Å²) in [6.07, 6.45) is 5.17. The lowest BCUT2D eigenvalue weighted by Gasteiger charge is -2.17. The molecule has 2 aromatic rings. The molecular weight excluding hydrogens is 420 g/mol. The summed E-state index contributed by atoms with van der Waals surface area (Å²) in [4.78, 5) is 53.4. The zero-order valence-electron chi connectivity index (χ0n) is 18.3. The van der Waals surface area contributed by atoms with Gasteiger partial charge in [0.25, 0.3) is 0 Å². The largest absolute Gasteiger partial charge is 0.426 e. The molecule has 2 heterocycles. The number of aryl methyl sites for hydroxylation is 1. The Bertz CT molecular complexity index is 1130. The Morgan fingerprint density at radius 2 is 1.42 bits per heavy atom. The summed E-state index contributed by atoms with van der Waals surface area (Å²) in [5.74, 6) is -1.79. The Morgan fingerprint density at radius 1 is 0.848 bits per heavy atom. The number of carbonyl (C=O) groups excluding carboxylic acids is 4. The lowest BCUT2D eigenvalue weighted by molar-refractivity contribution is -0.139. The molecule has 1 aliphatic carbocycles. The van der Waals surface area contributed by atoms with E-state index in [1.807, 2.05) is 43.3 Å². The Kier molecular flexibility index (Phi) is 5.32. The van der Waals surface area contributed by atoms with Crippen molar-refractivity contribution in [3.8, 4) is 5.75 Å². The number of anilines is 2. The normalized spacial score (nSPS) is 24.4. The van der Waals surface area contributed by atoms with Gasteiger partial charge in [0.15, 0.2) is 0 Å². The summed E-state index contributed by atoms with van der Waals surface area (Å²) in [5, 5.41) is 0. The first-order valence-electron chi connectivity index (χ1n) is 11.1. The predicted octanol–water partition coefficient (Wildman–Crippen LogP) is 3.41. The van der Waals surface area contributed by atoms with Crippen molar-refractivity contribution in [3.63, 3.8) is 0 Å². The average molecular weight is 444 g/mol. The third kappa shape index (κ3) is 3.84. The van der Waals surface area contributed by atoms with Gasteiger partial charge in [-0.15, -0.1) is 0 Å². The predicted molar refractivity (Wildman–Crippen MR) is 122 cm³/mol. The van der Waals surface area contributed by atoms with E-state index in [9.17, 15) is 19.2 Å². The number of esters is 1. The topological polar surface area (TPSA) is 84.0 Å². The molecule has 2 saturated heterocycles. The van der Waals surface area contributed by atoms with Gasteiger partial charge in [-0.1, -0.05) is 29.8 Å². The van der Waals surface area contributed by atoms with Crippen LogP contribution in [0.25, 0.3) is 0 Å². The van der Waals surface area contributed by atoms with Crippen molar-refractivity contribution in [3.05, 3.63) is 66.2 Å². The van der Waals surface area contributed by atoms with E-state index in [1.54, 1.807) is 29.2 Å². The molecule has 7 heteroatoms. The van der Waals surface area contributed by atoms with Crippen molar-refractivity contribution in [2.45, 2.75) is 26.2 Å². The van der Waals surface area contributed by atoms with Crippen LogP contribution in [0.3, 0.4) is 0 Å². The molecule has 168 valence electrons. The Labute approximate surface area is 191 Å². The molecular formula is C26H24N2O5. The van der Waals surface area contributed by atoms with Crippen molar-refractivity contribution in [2.24, 2.45) is 17.8 Å². The number of allylic oxidation sites excluding steroid dienone is 2. The van der Waals surface area contributed by atoms with E-state index in [2.05, 4.69) is 0 Å². The van der Waals surface area contributed by atoms with Crippen LogP contribution in [-0.2, 0) is 19.2 Å². The second kappa shape index (κ2) is 8.31. The number of fused-ring (bicyclic) bond motifs is 1. The molecule has 3 aliphatic rings. The molecule has 3 atom stereocenters. The van der Waals surface area contributed by atoms with Gasteiger partial charge in [0.1, 0.15) is 5.75 Å². The molecule has 0 unspecified atom stereocenters.